The van der Waals surface area contributed by atoms with Gasteiger partial charge in [-0.05, 0) is 26.4 Å². The average Bonchev–Trinajstić information content (AvgIpc) is 2.32. The lowest BCUT2D eigenvalue weighted by atomic mass is 10.3. The molecule has 0 radical (unpaired) electrons. The highest BCUT2D eigenvalue weighted by Gasteiger charge is 2.11. The molecule has 16 heavy (non-hydrogen) atoms. The second-order valence-corrected chi connectivity index (χ2v) is 3.73. The van der Waals surface area contributed by atoms with Crippen molar-refractivity contribution in [3.8, 4) is 6.07 Å². The minimum atomic E-state index is -0.0680. The molecule has 0 amide bonds. The van der Waals surface area contributed by atoms with E-state index in [2.05, 4.69) is 30.1 Å². The van der Waals surface area contributed by atoms with Crippen LogP contribution in [0.1, 0.15) is 27.2 Å². The summed E-state index contributed by atoms with van der Waals surface area (Å²) in [5.41, 5.74) is 0. The normalized spacial score (nSPS) is 12.7. The summed E-state index contributed by atoms with van der Waals surface area (Å²) in [6.07, 6.45) is 1.06. The number of rotatable bonds is 10. The molecule has 0 aliphatic carbocycles. The summed E-state index contributed by atoms with van der Waals surface area (Å²) >= 11 is 0. The summed E-state index contributed by atoms with van der Waals surface area (Å²) < 4.78 is 5.32. The van der Waals surface area contributed by atoms with Gasteiger partial charge in [-0.15, -0.1) is 0 Å². The molecule has 0 rings (SSSR count). The first-order valence-electron chi connectivity index (χ1n) is 6.21. The van der Waals surface area contributed by atoms with Crippen LogP contribution in [0.4, 0.5) is 0 Å². The van der Waals surface area contributed by atoms with Crippen LogP contribution in [0.2, 0.25) is 0 Å². The second-order valence-electron chi connectivity index (χ2n) is 3.73. The number of hydrogen-bond acceptors (Lipinski definition) is 4. The summed E-state index contributed by atoms with van der Waals surface area (Å²) in [4.78, 5) is 2.24. The summed E-state index contributed by atoms with van der Waals surface area (Å²) in [7, 11) is 0. The maximum absolute atomic E-state index is 9.00. The Morgan fingerprint density at radius 3 is 2.62 bits per heavy atom. The van der Waals surface area contributed by atoms with Gasteiger partial charge in [-0.3, -0.25) is 4.90 Å². The van der Waals surface area contributed by atoms with E-state index in [1.54, 1.807) is 0 Å². The predicted octanol–water partition coefficient (Wildman–Crippen LogP) is 1.24. The van der Waals surface area contributed by atoms with Crippen LogP contribution in [0.5, 0.6) is 0 Å². The fourth-order valence-corrected chi connectivity index (χ4v) is 1.44. The van der Waals surface area contributed by atoms with Gasteiger partial charge in [0.05, 0.1) is 12.7 Å². The Morgan fingerprint density at radius 1 is 1.38 bits per heavy atom. The van der Waals surface area contributed by atoms with Gasteiger partial charge in [0.1, 0.15) is 6.04 Å². The summed E-state index contributed by atoms with van der Waals surface area (Å²) in [6, 6.07) is 2.23. The van der Waals surface area contributed by atoms with Crippen LogP contribution in [0.3, 0.4) is 0 Å². The molecule has 0 aliphatic heterocycles. The molecule has 0 aromatic carbocycles. The molecule has 0 aromatic rings. The van der Waals surface area contributed by atoms with Gasteiger partial charge in [0, 0.05) is 19.7 Å². The number of hydrogen-bond donors (Lipinski definition) is 1. The quantitative estimate of drug-likeness (QED) is 0.570. The van der Waals surface area contributed by atoms with E-state index in [0.717, 1.165) is 45.8 Å². The third kappa shape index (κ3) is 7.63. The summed E-state index contributed by atoms with van der Waals surface area (Å²) in [6.45, 7) is 11.3. The van der Waals surface area contributed by atoms with Crippen molar-refractivity contribution in [1.82, 2.24) is 10.2 Å². The van der Waals surface area contributed by atoms with Crippen molar-refractivity contribution in [2.75, 3.05) is 39.4 Å². The summed E-state index contributed by atoms with van der Waals surface area (Å²) in [5, 5.41) is 12.2. The minimum absolute atomic E-state index is 0.0680. The van der Waals surface area contributed by atoms with Crippen molar-refractivity contribution in [3.63, 3.8) is 0 Å². The number of nitrogens with zero attached hydrogens (tertiary/aromatic N) is 2. The molecule has 4 nitrogen and oxygen atoms in total. The van der Waals surface area contributed by atoms with Crippen LogP contribution in [0.25, 0.3) is 0 Å². The van der Waals surface area contributed by atoms with Crippen molar-refractivity contribution in [1.29, 1.82) is 5.26 Å². The maximum Gasteiger partial charge on any atom is 0.108 e. The second kappa shape index (κ2) is 10.9. The standard InChI is InChI=1S/C12H25N3O/c1-4-7-14-12(10-13)11-15(5-2)8-9-16-6-3/h12,14H,4-9,11H2,1-3H3. The first-order chi connectivity index (χ1) is 7.78. The molecule has 1 N–H and O–H groups in total. The van der Waals surface area contributed by atoms with Crippen LogP contribution in [-0.4, -0.2) is 50.3 Å². The molecule has 0 saturated heterocycles. The highest BCUT2D eigenvalue weighted by molar-refractivity contribution is 4.91. The van der Waals surface area contributed by atoms with Gasteiger partial charge >= 0.3 is 0 Å². The van der Waals surface area contributed by atoms with Crippen LogP contribution >= 0.6 is 0 Å². The Hall–Kier alpha value is -0.630. The summed E-state index contributed by atoms with van der Waals surface area (Å²) in [5.74, 6) is 0. The zero-order valence-electron chi connectivity index (χ0n) is 10.8. The van der Waals surface area contributed by atoms with E-state index >= 15 is 0 Å². The Bertz CT molecular complexity index is 191. The fourth-order valence-electron chi connectivity index (χ4n) is 1.44. The fraction of sp³-hybridized carbons (Fsp3) is 0.917. The molecule has 0 bridgehead atoms. The minimum Gasteiger partial charge on any atom is -0.380 e. The van der Waals surface area contributed by atoms with Crippen molar-refractivity contribution in [2.45, 2.75) is 33.2 Å². The third-order valence-corrected chi connectivity index (χ3v) is 2.44. The number of ether oxygens (including phenoxy) is 1. The van der Waals surface area contributed by atoms with Crippen molar-refractivity contribution in [3.05, 3.63) is 0 Å². The van der Waals surface area contributed by atoms with Gasteiger partial charge < -0.3 is 10.1 Å². The van der Waals surface area contributed by atoms with Gasteiger partial charge in [0.2, 0.25) is 0 Å². The Labute approximate surface area is 99.6 Å². The zero-order chi connectivity index (χ0) is 12.2. The average molecular weight is 227 g/mol. The molecule has 1 unspecified atom stereocenters. The zero-order valence-corrected chi connectivity index (χ0v) is 10.8. The molecule has 0 aromatic heterocycles. The predicted molar refractivity (Wildman–Crippen MR) is 66.3 cm³/mol. The molecule has 0 aliphatic rings. The molecule has 94 valence electrons. The van der Waals surface area contributed by atoms with Gasteiger partial charge in [-0.1, -0.05) is 13.8 Å². The van der Waals surface area contributed by atoms with Crippen molar-refractivity contribution in [2.24, 2.45) is 0 Å². The molecule has 4 heteroatoms. The largest absolute Gasteiger partial charge is 0.380 e. The van der Waals surface area contributed by atoms with E-state index in [1.807, 2.05) is 6.92 Å². The van der Waals surface area contributed by atoms with Crippen LogP contribution in [-0.2, 0) is 4.74 Å². The van der Waals surface area contributed by atoms with E-state index in [0.29, 0.717) is 0 Å². The van der Waals surface area contributed by atoms with E-state index in [1.165, 1.54) is 0 Å². The van der Waals surface area contributed by atoms with E-state index < -0.39 is 0 Å². The Kier molecular flexibility index (Phi) is 10.4. The van der Waals surface area contributed by atoms with E-state index in [9.17, 15) is 0 Å². The highest BCUT2D eigenvalue weighted by Crippen LogP contribution is 1.93. The highest BCUT2D eigenvalue weighted by atomic mass is 16.5. The lowest BCUT2D eigenvalue weighted by Crippen LogP contribution is -2.41. The maximum atomic E-state index is 9.00. The van der Waals surface area contributed by atoms with Gasteiger partial charge in [0.25, 0.3) is 0 Å². The molecular formula is C12H25N3O. The monoisotopic (exact) mass is 227 g/mol. The van der Waals surface area contributed by atoms with Gasteiger partial charge in [0.15, 0.2) is 0 Å². The van der Waals surface area contributed by atoms with Crippen LogP contribution in [0.15, 0.2) is 0 Å². The molecular weight excluding hydrogens is 202 g/mol. The van der Waals surface area contributed by atoms with E-state index in [-0.39, 0.29) is 6.04 Å². The van der Waals surface area contributed by atoms with Crippen LogP contribution in [0, 0.1) is 11.3 Å². The lowest BCUT2D eigenvalue weighted by Gasteiger charge is -2.23. The third-order valence-electron chi connectivity index (χ3n) is 2.44. The molecule has 1 atom stereocenters. The lowest BCUT2D eigenvalue weighted by molar-refractivity contribution is 0.113. The number of nitrogens with one attached hydrogen (secondary N) is 1. The number of likely N-dealkylation sites (N-methyl/N-ethyl adjacent to an activating group) is 1. The molecule has 0 saturated carbocycles. The molecule has 0 fully saturated rings. The van der Waals surface area contributed by atoms with E-state index in [4.69, 9.17) is 10.00 Å². The first-order valence-corrected chi connectivity index (χ1v) is 6.21. The molecule has 0 heterocycles. The SMILES string of the molecule is CCCNC(C#N)CN(CC)CCOCC. The smallest absolute Gasteiger partial charge is 0.108 e. The Balaban J connectivity index is 3.83. The molecule has 0 spiro atoms. The number of nitriles is 1. The van der Waals surface area contributed by atoms with Gasteiger partial charge in [-0.2, -0.15) is 5.26 Å². The van der Waals surface area contributed by atoms with Crippen molar-refractivity contribution >= 4 is 0 Å². The topological polar surface area (TPSA) is 48.3 Å². The Morgan fingerprint density at radius 2 is 2.12 bits per heavy atom. The van der Waals surface area contributed by atoms with Crippen LogP contribution < -0.4 is 5.32 Å². The van der Waals surface area contributed by atoms with Crippen molar-refractivity contribution < 1.29 is 4.74 Å². The van der Waals surface area contributed by atoms with Gasteiger partial charge in [-0.25, -0.2) is 0 Å². The first kappa shape index (κ1) is 15.4.